The number of aryl methyl sites for hydroxylation is 2. The van der Waals surface area contributed by atoms with Crippen molar-refractivity contribution in [3.8, 4) is 0 Å². The summed E-state index contributed by atoms with van der Waals surface area (Å²) in [6.45, 7) is 1.95. The summed E-state index contributed by atoms with van der Waals surface area (Å²) in [5, 5.41) is 3.38. The molecule has 1 unspecified atom stereocenters. The average molecular weight is 202 g/mol. The first-order valence-corrected chi connectivity index (χ1v) is 4.45. The molecule has 1 amide bonds. The molecule has 0 aromatic carbocycles. The van der Waals surface area contributed by atoms with E-state index in [0.717, 1.165) is 12.1 Å². The van der Waals surface area contributed by atoms with E-state index in [0.29, 0.717) is 5.56 Å². The second-order valence-electron chi connectivity index (χ2n) is 2.82. The van der Waals surface area contributed by atoms with Crippen LogP contribution in [0, 0.1) is 0 Å². The van der Waals surface area contributed by atoms with E-state index in [9.17, 15) is 4.79 Å². The van der Waals surface area contributed by atoms with Crippen molar-refractivity contribution in [2.45, 2.75) is 18.7 Å². The van der Waals surface area contributed by atoms with Gasteiger partial charge in [-0.1, -0.05) is 6.92 Å². The average Bonchev–Trinajstić information content (AvgIpc) is 2.45. The number of rotatable bonds is 3. The Morgan fingerprint density at radius 1 is 1.85 bits per heavy atom. The molecule has 1 aromatic heterocycles. The van der Waals surface area contributed by atoms with Gasteiger partial charge in [-0.05, 0) is 6.42 Å². The van der Waals surface area contributed by atoms with Gasteiger partial charge in [0, 0.05) is 18.8 Å². The van der Waals surface area contributed by atoms with Crippen LogP contribution in [0.25, 0.3) is 0 Å². The van der Waals surface area contributed by atoms with Crippen LogP contribution in [0.5, 0.6) is 0 Å². The lowest BCUT2D eigenvalue weighted by molar-refractivity contribution is -0.117. The van der Waals surface area contributed by atoms with Gasteiger partial charge in [-0.2, -0.15) is 5.10 Å². The quantitative estimate of drug-likeness (QED) is 0.734. The number of alkyl halides is 1. The lowest BCUT2D eigenvalue weighted by atomic mass is 10.1. The number of carbonyl (C=O) groups is 1. The van der Waals surface area contributed by atoms with Crippen LogP contribution in [-0.2, 0) is 18.3 Å². The molecule has 0 radical (unpaired) electrons. The van der Waals surface area contributed by atoms with Crippen LogP contribution in [0.4, 0.5) is 0 Å². The molecule has 0 saturated heterocycles. The molecule has 0 fully saturated rings. The molecule has 1 rings (SSSR count). The Labute approximate surface area is 81.7 Å². The molecule has 0 saturated carbocycles. The van der Waals surface area contributed by atoms with E-state index in [1.165, 1.54) is 0 Å². The summed E-state index contributed by atoms with van der Waals surface area (Å²) in [4.78, 5) is 10.8. The smallest absolute Gasteiger partial charge is 0.240 e. The minimum absolute atomic E-state index is 0.538. The molecule has 5 heteroatoms. The molecule has 0 spiro atoms. The Kier molecular flexibility index (Phi) is 2.93. The van der Waals surface area contributed by atoms with Gasteiger partial charge in [-0.3, -0.25) is 9.48 Å². The molecule has 72 valence electrons. The number of halogens is 1. The number of carbonyl (C=O) groups excluding carboxylic acids is 1. The molecule has 1 atom stereocenters. The molecular formula is C8H12ClN3O. The van der Waals surface area contributed by atoms with Gasteiger partial charge in [0.15, 0.2) is 0 Å². The number of hydrogen-bond donors (Lipinski definition) is 1. The number of aromatic nitrogens is 2. The topological polar surface area (TPSA) is 60.9 Å². The predicted molar refractivity (Wildman–Crippen MR) is 50.4 cm³/mol. The van der Waals surface area contributed by atoms with E-state index in [-0.39, 0.29) is 0 Å². The van der Waals surface area contributed by atoms with Gasteiger partial charge < -0.3 is 5.73 Å². The Bertz CT molecular complexity index is 321. The lowest BCUT2D eigenvalue weighted by Gasteiger charge is -2.02. The van der Waals surface area contributed by atoms with Gasteiger partial charge in [0.05, 0.1) is 5.69 Å². The first-order chi connectivity index (χ1) is 6.06. The third-order valence-electron chi connectivity index (χ3n) is 1.80. The highest BCUT2D eigenvalue weighted by molar-refractivity contribution is 6.30. The van der Waals surface area contributed by atoms with Crippen LogP contribution in [0.2, 0.25) is 0 Å². The Morgan fingerprint density at radius 2 is 2.46 bits per heavy atom. The van der Waals surface area contributed by atoms with Crippen molar-refractivity contribution in [3.63, 3.8) is 0 Å². The predicted octanol–water partition coefficient (Wildman–Crippen LogP) is 0.748. The van der Waals surface area contributed by atoms with E-state index >= 15 is 0 Å². The molecule has 0 aliphatic carbocycles. The minimum Gasteiger partial charge on any atom is -0.368 e. The summed E-state index contributed by atoms with van der Waals surface area (Å²) < 4.78 is 1.63. The van der Waals surface area contributed by atoms with E-state index < -0.39 is 11.3 Å². The number of nitrogens with zero attached hydrogens (tertiary/aromatic N) is 2. The number of amides is 1. The van der Waals surface area contributed by atoms with Gasteiger partial charge in [-0.25, -0.2) is 0 Å². The molecule has 4 nitrogen and oxygen atoms in total. The zero-order valence-corrected chi connectivity index (χ0v) is 8.38. The summed E-state index contributed by atoms with van der Waals surface area (Å²) in [5.41, 5.74) is 6.62. The second kappa shape index (κ2) is 3.79. The Morgan fingerprint density at radius 3 is 2.92 bits per heavy atom. The first-order valence-electron chi connectivity index (χ1n) is 4.02. The minimum atomic E-state index is -0.774. The van der Waals surface area contributed by atoms with Gasteiger partial charge in [-0.15, -0.1) is 11.6 Å². The molecule has 0 bridgehead atoms. The number of primary amides is 1. The third kappa shape index (κ3) is 2.01. The van der Waals surface area contributed by atoms with Crippen LogP contribution in [-0.4, -0.2) is 15.7 Å². The fourth-order valence-corrected chi connectivity index (χ4v) is 1.37. The maximum Gasteiger partial charge on any atom is 0.240 e. The van der Waals surface area contributed by atoms with Crippen molar-refractivity contribution in [2.75, 3.05) is 0 Å². The lowest BCUT2D eigenvalue weighted by Crippen LogP contribution is -2.17. The van der Waals surface area contributed by atoms with Gasteiger partial charge in [0.1, 0.15) is 5.38 Å². The summed E-state index contributed by atoms with van der Waals surface area (Å²) >= 11 is 5.81. The standard InChI is InChI=1S/C8H12ClN3O/c1-3-6-5(4-12(2)11-6)7(9)8(10)13/h4,7H,3H2,1-2H3,(H2,10,13). The maximum absolute atomic E-state index is 10.8. The number of nitrogens with two attached hydrogens (primary N) is 1. The van der Waals surface area contributed by atoms with Crippen LogP contribution in [0.3, 0.4) is 0 Å². The Balaban J connectivity index is 3.05. The molecule has 1 heterocycles. The highest BCUT2D eigenvalue weighted by Gasteiger charge is 2.19. The van der Waals surface area contributed by atoms with Crippen molar-refractivity contribution in [1.82, 2.24) is 9.78 Å². The summed E-state index contributed by atoms with van der Waals surface area (Å²) in [5.74, 6) is -0.538. The monoisotopic (exact) mass is 201 g/mol. The normalized spacial score (nSPS) is 12.8. The number of hydrogen-bond acceptors (Lipinski definition) is 2. The van der Waals surface area contributed by atoms with Crippen molar-refractivity contribution in [3.05, 3.63) is 17.5 Å². The van der Waals surface area contributed by atoms with Crippen LogP contribution < -0.4 is 5.73 Å². The Hall–Kier alpha value is -1.03. The van der Waals surface area contributed by atoms with Crippen LogP contribution >= 0.6 is 11.6 Å². The van der Waals surface area contributed by atoms with Gasteiger partial charge in [0.2, 0.25) is 5.91 Å². The summed E-state index contributed by atoms with van der Waals surface area (Å²) in [7, 11) is 1.78. The van der Waals surface area contributed by atoms with Gasteiger partial charge >= 0.3 is 0 Å². The van der Waals surface area contributed by atoms with E-state index in [1.54, 1.807) is 17.9 Å². The molecule has 0 aliphatic rings. The van der Waals surface area contributed by atoms with Crippen molar-refractivity contribution >= 4 is 17.5 Å². The zero-order valence-electron chi connectivity index (χ0n) is 7.62. The molecule has 1 aromatic rings. The van der Waals surface area contributed by atoms with Crippen LogP contribution in [0.1, 0.15) is 23.6 Å². The fourth-order valence-electron chi connectivity index (χ4n) is 1.19. The van der Waals surface area contributed by atoms with Crippen LogP contribution in [0.15, 0.2) is 6.20 Å². The zero-order chi connectivity index (χ0) is 10.0. The second-order valence-corrected chi connectivity index (χ2v) is 3.26. The molecule has 0 aliphatic heterocycles. The van der Waals surface area contributed by atoms with E-state index in [1.807, 2.05) is 6.92 Å². The van der Waals surface area contributed by atoms with E-state index in [2.05, 4.69) is 5.10 Å². The fraction of sp³-hybridized carbons (Fsp3) is 0.500. The van der Waals surface area contributed by atoms with Crippen molar-refractivity contribution in [1.29, 1.82) is 0 Å². The third-order valence-corrected chi connectivity index (χ3v) is 2.25. The summed E-state index contributed by atoms with van der Waals surface area (Å²) in [6.07, 6.45) is 2.47. The van der Waals surface area contributed by atoms with Crippen molar-refractivity contribution in [2.24, 2.45) is 12.8 Å². The SMILES string of the molecule is CCc1nn(C)cc1C(Cl)C(N)=O. The largest absolute Gasteiger partial charge is 0.368 e. The maximum atomic E-state index is 10.8. The molecule has 13 heavy (non-hydrogen) atoms. The van der Waals surface area contributed by atoms with Crippen molar-refractivity contribution < 1.29 is 4.79 Å². The molecular weight excluding hydrogens is 190 g/mol. The summed E-state index contributed by atoms with van der Waals surface area (Å²) in [6, 6.07) is 0. The first kappa shape index (κ1) is 10.1. The van der Waals surface area contributed by atoms with E-state index in [4.69, 9.17) is 17.3 Å². The highest BCUT2D eigenvalue weighted by Crippen LogP contribution is 2.22. The van der Waals surface area contributed by atoms with Gasteiger partial charge in [0.25, 0.3) is 0 Å². The molecule has 2 N–H and O–H groups in total. The highest BCUT2D eigenvalue weighted by atomic mass is 35.5.